The van der Waals surface area contributed by atoms with Crippen LogP contribution >= 0.6 is 0 Å². The molecule has 0 amide bonds. The average molecular weight is 449 g/mol. The van der Waals surface area contributed by atoms with Crippen molar-refractivity contribution in [1.29, 1.82) is 0 Å². The standard InChI is InChI=1S/C27H28O6/c28-23-24-22(18-31-26(33-24)21-14-8-3-9-15-21)32-27(30-17-20-12-6-2-7-13-20)25(23)29-16-19-10-4-1-5-11-19/h1-15,22-28H,16-18H2/t22?,23-,24+,25?,26?,27-/m1/s1. The Bertz CT molecular complexity index is 983. The minimum atomic E-state index is -0.941. The zero-order valence-corrected chi connectivity index (χ0v) is 18.2. The zero-order valence-electron chi connectivity index (χ0n) is 18.2. The number of aliphatic hydroxyl groups excluding tert-OH is 1. The molecule has 3 aromatic carbocycles. The van der Waals surface area contributed by atoms with E-state index < -0.39 is 37.0 Å². The van der Waals surface area contributed by atoms with Crippen molar-refractivity contribution in [3.8, 4) is 0 Å². The molecule has 6 atom stereocenters. The molecule has 0 saturated carbocycles. The second-order valence-electron chi connectivity index (χ2n) is 8.27. The van der Waals surface area contributed by atoms with Gasteiger partial charge in [-0.3, -0.25) is 0 Å². The van der Waals surface area contributed by atoms with Gasteiger partial charge in [-0.05, 0) is 11.1 Å². The van der Waals surface area contributed by atoms with Crippen molar-refractivity contribution in [2.24, 2.45) is 0 Å². The molecule has 172 valence electrons. The van der Waals surface area contributed by atoms with Crippen LogP contribution in [0.15, 0.2) is 91.0 Å². The van der Waals surface area contributed by atoms with Crippen LogP contribution in [0.2, 0.25) is 0 Å². The lowest BCUT2D eigenvalue weighted by molar-refractivity contribution is -0.368. The second kappa shape index (κ2) is 10.6. The molecule has 33 heavy (non-hydrogen) atoms. The van der Waals surface area contributed by atoms with Crippen LogP contribution in [-0.2, 0) is 36.9 Å². The SMILES string of the molecule is O[C@H]1C(OCc2ccccc2)[C@H](OCc2ccccc2)OC2COC(c3ccccc3)O[C@@H]21. The van der Waals surface area contributed by atoms with Gasteiger partial charge in [0, 0.05) is 5.56 Å². The third-order valence-electron chi connectivity index (χ3n) is 5.92. The molecule has 6 nitrogen and oxygen atoms in total. The van der Waals surface area contributed by atoms with Gasteiger partial charge >= 0.3 is 0 Å². The highest BCUT2D eigenvalue weighted by Gasteiger charge is 2.50. The molecule has 3 unspecified atom stereocenters. The maximum atomic E-state index is 11.3. The first-order valence-electron chi connectivity index (χ1n) is 11.2. The molecule has 2 fully saturated rings. The lowest BCUT2D eigenvalue weighted by Gasteiger charge is -2.47. The second-order valence-corrected chi connectivity index (χ2v) is 8.27. The maximum Gasteiger partial charge on any atom is 0.187 e. The summed E-state index contributed by atoms with van der Waals surface area (Å²) in [5.41, 5.74) is 2.91. The molecular formula is C27H28O6. The normalized spacial score (nSPS) is 29.4. The van der Waals surface area contributed by atoms with Crippen LogP contribution in [0.25, 0.3) is 0 Å². The van der Waals surface area contributed by atoms with Crippen LogP contribution < -0.4 is 0 Å². The maximum absolute atomic E-state index is 11.3. The summed E-state index contributed by atoms with van der Waals surface area (Å²) >= 11 is 0. The fourth-order valence-corrected chi connectivity index (χ4v) is 4.18. The van der Waals surface area contributed by atoms with Crippen LogP contribution in [0, 0.1) is 0 Å². The van der Waals surface area contributed by atoms with Crippen molar-refractivity contribution in [3.63, 3.8) is 0 Å². The van der Waals surface area contributed by atoms with Gasteiger partial charge in [-0.15, -0.1) is 0 Å². The number of benzene rings is 3. The van der Waals surface area contributed by atoms with Crippen LogP contribution in [0.3, 0.4) is 0 Å². The molecule has 1 N–H and O–H groups in total. The van der Waals surface area contributed by atoms with Crippen molar-refractivity contribution in [3.05, 3.63) is 108 Å². The molecule has 5 rings (SSSR count). The molecule has 0 aliphatic carbocycles. The minimum absolute atomic E-state index is 0.290. The molecule has 2 saturated heterocycles. The van der Waals surface area contributed by atoms with Crippen molar-refractivity contribution < 1.29 is 28.8 Å². The van der Waals surface area contributed by atoms with Gasteiger partial charge in [-0.2, -0.15) is 0 Å². The predicted octanol–water partition coefficient (Wildman–Crippen LogP) is 3.99. The molecule has 2 heterocycles. The Labute approximate surface area is 193 Å². The van der Waals surface area contributed by atoms with E-state index in [0.29, 0.717) is 13.2 Å². The Morgan fingerprint density at radius 2 is 1.30 bits per heavy atom. The summed E-state index contributed by atoms with van der Waals surface area (Å²) in [5, 5.41) is 11.3. The van der Waals surface area contributed by atoms with Crippen molar-refractivity contribution in [2.45, 2.75) is 50.2 Å². The highest BCUT2D eigenvalue weighted by molar-refractivity contribution is 5.17. The first-order chi connectivity index (χ1) is 16.3. The fraction of sp³-hybridized carbons (Fsp3) is 0.333. The molecular weight excluding hydrogens is 420 g/mol. The number of hydrogen-bond acceptors (Lipinski definition) is 6. The molecule has 0 aromatic heterocycles. The number of rotatable bonds is 7. The topological polar surface area (TPSA) is 66.4 Å². The van der Waals surface area contributed by atoms with Gasteiger partial charge in [0.1, 0.15) is 24.4 Å². The largest absolute Gasteiger partial charge is 0.387 e. The molecule has 0 radical (unpaired) electrons. The summed E-state index contributed by atoms with van der Waals surface area (Å²) in [6.07, 6.45) is -4.04. The summed E-state index contributed by atoms with van der Waals surface area (Å²) in [6, 6.07) is 29.4. The summed E-state index contributed by atoms with van der Waals surface area (Å²) in [6.45, 7) is 0.959. The fourth-order valence-electron chi connectivity index (χ4n) is 4.18. The summed E-state index contributed by atoms with van der Waals surface area (Å²) in [7, 11) is 0. The third kappa shape index (κ3) is 5.33. The van der Waals surface area contributed by atoms with Crippen LogP contribution in [-0.4, -0.2) is 42.4 Å². The smallest absolute Gasteiger partial charge is 0.187 e. The van der Waals surface area contributed by atoms with E-state index in [1.165, 1.54) is 0 Å². The van der Waals surface area contributed by atoms with E-state index in [2.05, 4.69) is 0 Å². The van der Waals surface area contributed by atoms with E-state index in [1.54, 1.807) is 0 Å². The van der Waals surface area contributed by atoms with E-state index in [1.807, 2.05) is 91.0 Å². The molecule has 3 aromatic rings. The Morgan fingerprint density at radius 3 is 1.94 bits per heavy atom. The van der Waals surface area contributed by atoms with Crippen LogP contribution in [0.5, 0.6) is 0 Å². The monoisotopic (exact) mass is 448 g/mol. The predicted molar refractivity (Wildman–Crippen MR) is 121 cm³/mol. The van der Waals surface area contributed by atoms with Gasteiger partial charge in [0.25, 0.3) is 0 Å². The zero-order chi connectivity index (χ0) is 22.5. The minimum Gasteiger partial charge on any atom is -0.387 e. The van der Waals surface area contributed by atoms with Crippen molar-refractivity contribution >= 4 is 0 Å². The van der Waals surface area contributed by atoms with Gasteiger partial charge in [0.15, 0.2) is 12.6 Å². The van der Waals surface area contributed by atoms with Crippen molar-refractivity contribution in [1.82, 2.24) is 0 Å². The van der Waals surface area contributed by atoms with Gasteiger partial charge in [0.05, 0.1) is 19.8 Å². The lowest BCUT2D eigenvalue weighted by Crippen LogP contribution is -2.62. The van der Waals surface area contributed by atoms with E-state index in [0.717, 1.165) is 16.7 Å². The Kier molecular flexibility index (Phi) is 7.12. The number of fused-ring (bicyclic) bond motifs is 1. The Morgan fingerprint density at radius 1 is 0.727 bits per heavy atom. The number of ether oxygens (including phenoxy) is 5. The summed E-state index contributed by atoms with van der Waals surface area (Å²) in [5.74, 6) is 0. The third-order valence-corrected chi connectivity index (χ3v) is 5.92. The van der Waals surface area contributed by atoms with E-state index >= 15 is 0 Å². The average Bonchev–Trinajstić information content (AvgIpc) is 2.88. The van der Waals surface area contributed by atoms with Crippen molar-refractivity contribution in [2.75, 3.05) is 6.61 Å². The summed E-state index contributed by atoms with van der Waals surface area (Å²) in [4.78, 5) is 0. The van der Waals surface area contributed by atoms with Gasteiger partial charge < -0.3 is 28.8 Å². The Balaban J connectivity index is 1.31. The quantitative estimate of drug-likeness (QED) is 0.590. The Hall–Kier alpha value is -2.58. The first-order valence-corrected chi connectivity index (χ1v) is 11.2. The first kappa shape index (κ1) is 22.2. The van der Waals surface area contributed by atoms with E-state index in [4.69, 9.17) is 23.7 Å². The number of hydrogen-bond donors (Lipinski definition) is 1. The highest BCUT2D eigenvalue weighted by atomic mass is 16.8. The van der Waals surface area contributed by atoms with Crippen LogP contribution in [0.4, 0.5) is 0 Å². The molecule has 0 bridgehead atoms. The van der Waals surface area contributed by atoms with Gasteiger partial charge in [0.2, 0.25) is 0 Å². The lowest BCUT2D eigenvalue weighted by atomic mass is 9.97. The van der Waals surface area contributed by atoms with E-state index in [9.17, 15) is 5.11 Å². The molecule has 2 aliphatic heterocycles. The van der Waals surface area contributed by atoms with E-state index in [-0.39, 0.29) is 6.61 Å². The molecule has 0 spiro atoms. The molecule has 2 aliphatic rings. The highest BCUT2D eigenvalue weighted by Crippen LogP contribution is 2.35. The van der Waals surface area contributed by atoms with Gasteiger partial charge in [-0.1, -0.05) is 91.0 Å². The number of aliphatic hydroxyl groups is 1. The van der Waals surface area contributed by atoms with Crippen LogP contribution in [0.1, 0.15) is 23.0 Å². The summed E-state index contributed by atoms with van der Waals surface area (Å²) < 4.78 is 30.5. The molecule has 6 heteroatoms. The van der Waals surface area contributed by atoms with Gasteiger partial charge in [-0.25, -0.2) is 0 Å².